The Morgan fingerprint density at radius 3 is 2.41 bits per heavy atom. The summed E-state index contributed by atoms with van der Waals surface area (Å²) in [6, 6.07) is 0. The first-order chi connectivity index (χ1) is 7.97. The largest absolute Gasteiger partial charge is 0.481 e. The molecule has 0 aliphatic carbocycles. The highest BCUT2D eigenvalue weighted by Crippen LogP contribution is 2.09. The normalized spacial score (nSPS) is 12.5. The number of rotatable bonds is 9. The van der Waals surface area contributed by atoms with E-state index in [0.29, 0.717) is 19.4 Å². The molecule has 0 heterocycles. The Morgan fingerprint density at radius 2 is 1.94 bits per heavy atom. The monoisotopic (exact) mass is 246 g/mol. The molecule has 5 heteroatoms. The number of esters is 1. The van der Waals surface area contributed by atoms with E-state index < -0.39 is 18.0 Å². The van der Waals surface area contributed by atoms with E-state index in [1.54, 1.807) is 13.8 Å². The molecule has 0 saturated heterocycles. The van der Waals surface area contributed by atoms with Gasteiger partial charge in [0.15, 0.2) is 6.10 Å². The Kier molecular flexibility index (Phi) is 8.40. The zero-order valence-corrected chi connectivity index (χ0v) is 10.8. The van der Waals surface area contributed by atoms with Gasteiger partial charge in [0.05, 0.1) is 6.10 Å². The maximum Gasteiger partial charge on any atom is 0.335 e. The highest BCUT2D eigenvalue weighted by molar-refractivity contribution is 5.75. The Labute approximate surface area is 102 Å². The highest BCUT2D eigenvalue weighted by Gasteiger charge is 2.21. The summed E-state index contributed by atoms with van der Waals surface area (Å²) in [5, 5.41) is 8.53. The fourth-order valence-electron chi connectivity index (χ4n) is 1.28. The van der Waals surface area contributed by atoms with Crippen LogP contribution in [0.5, 0.6) is 0 Å². The third kappa shape index (κ3) is 8.68. The van der Waals surface area contributed by atoms with E-state index in [4.69, 9.17) is 14.6 Å². The van der Waals surface area contributed by atoms with Crippen LogP contribution in [-0.2, 0) is 19.1 Å². The number of hydrogen-bond donors (Lipinski definition) is 1. The lowest BCUT2D eigenvalue weighted by Gasteiger charge is -2.17. The summed E-state index contributed by atoms with van der Waals surface area (Å²) in [4.78, 5) is 22.0. The molecular formula is C12H22O5. The van der Waals surface area contributed by atoms with Crippen LogP contribution >= 0.6 is 0 Å². The molecule has 0 aromatic rings. The molecule has 1 N–H and O–H groups in total. The van der Waals surface area contributed by atoms with Crippen LogP contribution in [0.15, 0.2) is 0 Å². The number of carbonyl (C=O) groups excluding carboxylic acids is 1. The van der Waals surface area contributed by atoms with Crippen LogP contribution in [0.4, 0.5) is 0 Å². The van der Waals surface area contributed by atoms with Crippen LogP contribution in [0.2, 0.25) is 0 Å². The third-order valence-electron chi connectivity index (χ3n) is 1.99. The molecule has 0 radical (unpaired) electrons. The van der Waals surface area contributed by atoms with Gasteiger partial charge < -0.3 is 14.6 Å². The number of carboxylic acids is 1. The third-order valence-corrected chi connectivity index (χ3v) is 1.99. The van der Waals surface area contributed by atoms with Crippen LogP contribution in [0, 0.1) is 0 Å². The Bertz CT molecular complexity index is 237. The first-order valence-electron chi connectivity index (χ1n) is 6.01. The Morgan fingerprint density at radius 1 is 1.29 bits per heavy atom. The van der Waals surface area contributed by atoms with Crippen LogP contribution < -0.4 is 0 Å². The number of ether oxygens (including phenoxy) is 2. The number of carbonyl (C=O) groups is 2. The van der Waals surface area contributed by atoms with Gasteiger partial charge in [0, 0.05) is 13.0 Å². The molecule has 0 saturated carbocycles. The first kappa shape index (κ1) is 15.9. The molecule has 17 heavy (non-hydrogen) atoms. The van der Waals surface area contributed by atoms with E-state index >= 15 is 0 Å². The molecule has 0 amide bonds. The average Bonchev–Trinajstić information content (AvgIpc) is 2.21. The van der Waals surface area contributed by atoms with Crippen LogP contribution in [0.1, 0.15) is 46.5 Å². The van der Waals surface area contributed by atoms with Crippen molar-refractivity contribution in [2.24, 2.45) is 0 Å². The molecule has 0 aromatic heterocycles. The van der Waals surface area contributed by atoms with E-state index in [1.807, 2.05) is 6.92 Å². The molecule has 0 aliphatic heterocycles. The van der Waals surface area contributed by atoms with Crippen molar-refractivity contribution in [1.29, 1.82) is 0 Å². The van der Waals surface area contributed by atoms with Crippen molar-refractivity contribution in [3.8, 4) is 0 Å². The molecule has 0 rings (SSSR count). The van der Waals surface area contributed by atoms with Crippen molar-refractivity contribution < 1.29 is 24.2 Å². The summed E-state index contributed by atoms with van der Waals surface area (Å²) < 4.78 is 10.4. The van der Waals surface area contributed by atoms with Crippen molar-refractivity contribution >= 4 is 11.9 Å². The van der Waals surface area contributed by atoms with Gasteiger partial charge in [-0.1, -0.05) is 6.92 Å². The predicted octanol–water partition coefficient (Wildman–Crippen LogP) is 1.99. The van der Waals surface area contributed by atoms with Crippen molar-refractivity contribution in [1.82, 2.24) is 0 Å². The van der Waals surface area contributed by atoms with E-state index in [-0.39, 0.29) is 12.5 Å². The van der Waals surface area contributed by atoms with Gasteiger partial charge in [0.1, 0.15) is 0 Å². The zero-order chi connectivity index (χ0) is 13.3. The molecule has 1 atom stereocenters. The summed E-state index contributed by atoms with van der Waals surface area (Å²) in [5.74, 6) is -1.27. The van der Waals surface area contributed by atoms with Crippen molar-refractivity contribution in [3.05, 3.63) is 0 Å². The second-order valence-electron chi connectivity index (χ2n) is 4.13. The van der Waals surface area contributed by atoms with E-state index in [2.05, 4.69) is 0 Å². The van der Waals surface area contributed by atoms with Gasteiger partial charge >= 0.3 is 11.9 Å². The van der Waals surface area contributed by atoms with Crippen LogP contribution in [0.25, 0.3) is 0 Å². The molecule has 0 fully saturated rings. The summed E-state index contributed by atoms with van der Waals surface area (Å²) in [5.41, 5.74) is 0. The average molecular weight is 246 g/mol. The second kappa shape index (κ2) is 8.98. The highest BCUT2D eigenvalue weighted by atomic mass is 16.6. The van der Waals surface area contributed by atoms with Gasteiger partial charge in [-0.05, 0) is 33.1 Å². The molecular weight excluding hydrogens is 224 g/mol. The maximum atomic E-state index is 11.6. The van der Waals surface area contributed by atoms with Gasteiger partial charge in [-0.2, -0.15) is 0 Å². The van der Waals surface area contributed by atoms with Crippen molar-refractivity contribution in [2.45, 2.75) is 58.7 Å². The number of carboxylic acid groups (broad SMARTS) is 1. The summed E-state index contributed by atoms with van der Waals surface area (Å²) in [7, 11) is 0. The standard InChI is InChI=1S/C12H22O5/c1-4-8-16-10(6-5-7-11(13)14)12(15)17-9(2)3/h9-10H,4-8H2,1-3H3,(H,13,14). The van der Waals surface area contributed by atoms with E-state index in [0.717, 1.165) is 6.42 Å². The number of aliphatic carboxylic acids is 1. The Balaban J connectivity index is 4.11. The molecule has 5 nitrogen and oxygen atoms in total. The van der Waals surface area contributed by atoms with Gasteiger partial charge in [-0.25, -0.2) is 4.79 Å². The Hall–Kier alpha value is -1.10. The van der Waals surface area contributed by atoms with Gasteiger partial charge in [-0.15, -0.1) is 0 Å². The minimum absolute atomic E-state index is 0.0426. The van der Waals surface area contributed by atoms with Crippen molar-refractivity contribution in [3.63, 3.8) is 0 Å². The smallest absolute Gasteiger partial charge is 0.335 e. The van der Waals surface area contributed by atoms with Gasteiger partial charge in [0.2, 0.25) is 0 Å². The lowest BCUT2D eigenvalue weighted by Crippen LogP contribution is -2.29. The lowest BCUT2D eigenvalue weighted by molar-refractivity contribution is -0.162. The van der Waals surface area contributed by atoms with Gasteiger partial charge in [0.25, 0.3) is 0 Å². The lowest BCUT2D eigenvalue weighted by atomic mass is 10.1. The summed E-state index contributed by atoms with van der Waals surface area (Å²) in [6.45, 7) is 5.96. The molecule has 0 bridgehead atoms. The molecule has 0 spiro atoms. The quantitative estimate of drug-likeness (QED) is 0.630. The maximum absolute atomic E-state index is 11.6. The molecule has 0 aliphatic rings. The second-order valence-corrected chi connectivity index (χ2v) is 4.13. The minimum atomic E-state index is -0.864. The number of hydrogen-bond acceptors (Lipinski definition) is 4. The fourth-order valence-corrected chi connectivity index (χ4v) is 1.28. The predicted molar refractivity (Wildman–Crippen MR) is 62.7 cm³/mol. The van der Waals surface area contributed by atoms with Gasteiger partial charge in [-0.3, -0.25) is 4.79 Å². The van der Waals surface area contributed by atoms with Crippen molar-refractivity contribution in [2.75, 3.05) is 6.61 Å². The first-order valence-corrected chi connectivity index (χ1v) is 6.01. The fraction of sp³-hybridized carbons (Fsp3) is 0.833. The molecule has 100 valence electrons. The zero-order valence-electron chi connectivity index (χ0n) is 10.8. The summed E-state index contributed by atoms with van der Waals surface area (Å²) >= 11 is 0. The topological polar surface area (TPSA) is 72.8 Å². The minimum Gasteiger partial charge on any atom is -0.481 e. The summed E-state index contributed by atoms with van der Waals surface area (Å²) in [6.07, 6.45) is 0.825. The SMILES string of the molecule is CCCOC(CCCC(=O)O)C(=O)OC(C)C. The molecule has 0 aromatic carbocycles. The van der Waals surface area contributed by atoms with E-state index in [1.165, 1.54) is 0 Å². The molecule has 1 unspecified atom stereocenters. The van der Waals surface area contributed by atoms with E-state index in [9.17, 15) is 9.59 Å². The van der Waals surface area contributed by atoms with Crippen LogP contribution in [0.3, 0.4) is 0 Å². The van der Waals surface area contributed by atoms with Crippen LogP contribution in [-0.4, -0.2) is 35.9 Å².